The van der Waals surface area contributed by atoms with Gasteiger partial charge < -0.3 is 9.47 Å². The van der Waals surface area contributed by atoms with E-state index >= 15 is 0 Å². The second-order valence-corrected chi connectivity index (χ2v) is 7.89. The van der Waals surface area contributed by atoms with E-state index in [-0.39, 0.29) is 25.2 Å². The highest BCUT2D eigenvalue weighted by Crippen LogP contribution is 2.11. The van der Waals surface area contributed by atoms with Gasteiger partial charge in [-0.3, -0.25) is 9.59 Å². The first-order chi connectivity index (χ1) is 13.7. The summed E-state index contributed by atoms with van der Waals surface area (Å²) in [6.07, 6.45) is 20.3. The number of carbonyl (C=O) groups is 2. The molecule has 0 saturated carbocycles. The zero-order valence-electron chi connectivity index (χ0n) is 18.8. The van der Waals surface area contributed by atoms with Gasteiger partial charge in [0.2, 0.25) is 0 Å². The Morgan fingerprint density at radius 1 is 0.464 bits per heavy atom. The molecule has 0 spiro atoms. The van der Waals surface area contributed by atoms with Crippen molar-refractivity contribution in [1.82, 2.24) is 0 Å². The summed E-state index contributed by atoms with van der Waals surface area (Å²) < 4.78 is 10.3. The van der Waals surface area contributed by atoms with Crippen LogP contribution in [0.3, 0.4) is 0 Å². The summed E-state index contributed by atoms with van der Waals surface area (Å²) in [5.74, 6) is -0.352. The Labute approximate surface area is 174 Å². The fourth-order valence-electron chi connectivity index (χ4n) is 3.26. The Morgan fingerprint density at radius 2 is 0.750 bits per heavy atom. The Bertz CT molecular complexity index is 321. The van der Waals surface area contributed by atoms with Crippen LogP contribution in [-0.4, -0.2) is 25.2 Å². The molecule has 0 unspecified atom stereocenters. The fraction of sp³-hybridized carbons (Fsp3) is 0.917. The summed E-state index contributed by atoms with van der Waals surface area (Å²) >= 11 is 0. The van der Waals surface area contributed by atoms with Crippen LogP contribution in [0.2, 0.25) is 0 Å². The second kappa shape index (κ2) is 22.2. The third kappa shape index (κ3) is 21.2. The van der Waals surface area contributed by atoms with Gasteiger partial charge in [-0.1, -0.05) is 104 Å². The number of hydrogen-bond donors (Lipinski definition) is 0. The first-order valence-corrected chi connectivity index (χ1v) is 12.0. The topological polar surface area (TPSA) is 52.6 Å². The molecule has 4 heteroatoms. The average molecular weight is 399 g/mol. The molecular formula is C24H46O4. The van der Waals surface area contributed by atoms with Gasteiger partial charge in [0, 0.05) is 12.8 Å². The first-order valence-electron chi connectivity index (χ1n) is 12.0. The summed E-state index contributed by atoms with van der Waals surface area (Å²) in [6.45, 7) is 4.81. The minimum Gasteiger partial charge on any atom is -0.462 e. The van der Waals surface area contributed by atoms with Crippen LogP contribution in [0.15, 0.2) is 0 Å². The van der Waals surface area contributed by atoms with Crippen molar-refractivity contribution in [3.63, 3.8) is 0 Å². The third-order valence-electron chi connectivity index (χ3n) is 5.08. The molecule has 0 fully saturated rings. The maximum atomic E-state index is 11.6. The molecule has 0 bridgehead atoms. The van der Waals surface area contributed by atoms with Crippen LogP contribution in [0.1, 0.15) is 129 Å². The number of hydrogen-bond acceptors (Lipinski definition) is 4. The van der Waals surface area contributed by atoms with E-state index in [0.717, 1.165) is 25.7 Å². The van der Waals surface area contributed by atoms with Crippen molar-refractivity contribution in [1.29, 1.82) is 0 Å². The summed E-state index contributed by atoms with van der Waals surface area (Å²) in [7, 11) is 0. The quantitative estimate of drug-likeness (QED) is 0.152. The van der Waals surface area contributed by atoms with E-state index in [1.807, 2.05) is 0 Å². The number of carbonyl (C=O) groups excluding carboxylic acids is 2. The first kappa shape index (κ1) is 26.9. The molecule has 0 aromatic heterocycles. The van der Waals surface area contributed by atoms with Gasteiger partial charge in [0.15, 0.2) is 0 Å². The van der Waals surface area contributed by atoms with E-state index in [2.05, 4.69) is 13.8 Å². The van der Waals surface area contributed by atoms with Gasteiger partial charge >= 0.3 is 11.9 Å². The van der Waals surface area contributed by atoms with Gasteiger partial charge in [0.05, 0.1) is 0 Å². The van der Waals surface area contributed by atoms with Gasteiger partial charge in [0.1, 0.15) is 13.2 Å². The highest BCUT2D eigenvalue weighted by molar-refractivity contribution is 5.70. The lowest BCUT2D eigenvalue weighted by atomic mass is 10.1. The maximum Gasteiger partial charge on any atom is 0.305 e. The summed E-state index contributed by atoms with van der Waals surface area (Å²) in [5, 5.41) is 0. The lowest BCUT2D eigenvalue weighted by Gasteiger charge is -2.07. The van der Waals surface area contributed by atoms with Crippen LogP contribution in [0.5, 0.6) is 0 Å². The molecule has 4 nitrogen and oxygen atoms in total. The highest BCUT2D eigenvalue weighted by atomic mass is 16.6. The molecule has 0 N–H and O–H groups in total. The van der Waals surface area contributed by atoms with Crippen molar-refractivity contribution in [2.45, 2.75) is 129 Å². The van der Waals surface area contributed by atoms with Gasteiger partial charge in [-0.05, 0) is 12.8 Å². The number of ether oxygens (including phenoxy) is 2. The molecule has 0 atom stereocenters. The van der Waals surface area contributed by atoms with Crippen LogP contribution in [0.4, 0.5) is 0 Å². The molecule has 166 valence electrons. The van der Waals surface area contributed by atoms with E-state index in [4.69, 9.17) is 9.47 Å². The lowest BCUT2D eigenvalue weighted by Crippen LogP contribution is -2.13. The zero-order chi connectivity index (χ0) is 20.7. The van der Waals surface area contributed by atoms with Gasteiger partial charge in [-0.15, -0.1) is 0 Å². The molecule has 0 rings (SSSR count). The number of unbranched alkanes of at least 4 members (excludes halogenated alkanes) is 14. The van der Waals surface area contributed by atoms with Gasteiger partial charge in [-0.2, -0.15) is 0 Å². The van der Waals surface area contributed by atoms with E-state index in [1.165, 1.54) is 77.0 Å². The third-order valence-corrected chi connectivity index (χ3v) is 5.08. The monoisotopic (exact) mass is 398 g/mol. The molecule has 0 aromatic rings. The molecule has 28 heavy (non-hydrogen) atoms. The standard InChI is InChI=1S/C24H46O4/c1-3-5-7-9-11-13-15-17-19-23(25)27-21-22-28-24(26)20-18-16-14-12-10-8-6-4-2/h3-22H2,1-2H3. The van der Waals surface area contributed by atoms with Crippen molar-refractivity contribution in [3.05, 3.63) is 0 Å². The van der Waals surface area contributed by atoms with Crippen LogP contribution in [0.25, 0.3) is 0 Å². The minimum atomic E-state index is -0.176. The average Bonchev–Trinajstić information content (AvgIpc) is 2.69. The van der Waals surface area contributed by atoms with E-state index in [9.17, 15) is 9.59 Å². The lowest BCUT2D eigenvalue weighted by molar-refractivity contribution is -0.152. The summed E-state index contributed by atoms with van der Waals surface area (Å²) in [4.78, 5) is 23.3. The Balaban J connectivity index is 3.30. The molecule has 0 heterocycles. The van der Waals surface area contributed by atoms with Crippen molar-refractivity contribution in [2.75, 3.05) is 13.2 Å². The zero-order valence-corrected chi connectivity index (χ0v) is 18.8. The minimum absolute atomic E-state index is 0.176. The molecular weight excluding hydrogens is 352 g/mol. The molecule has 0 saturated heterocycles. The smallest absolute Gasteiger partial charge is 0.305 e. The number of esters is 2. The SMILES string of the molecule is CCCCCCCCCCC(=O)OCCOC(=O)CCCCCCCCCC. The van der Waals surface area contributed by atoms with Crippen molar-refractivity contribution in [3.8, 4) is 0 Å². The summed E-state index contributed by atoms with van der Waals surface area (Å²) in [6, 6.07) is 0. The summed E-state index contributed by atoms with van der Waals surface area (Å²) in [5.41, 5.74) is 0. The van der Waals surface area contributed by atoms with Crippen molar-refractivity contribution in [2.24, 2.45) is 0 Å². The van der Waals surface area contributed by atoms with Gasteiger partial charge in [-0.25, -0.2) is 0 Å². The Hall–Kier alpha value is -1.06. The Morgan fingerprint density at radius 3 is 1.07 bits per heavy atom. The van der Waals surface area contributed by atoms with E-state index in [1.54, 1.807) is 0 Å². The molecule has 0 amide bonds. The van der Waals surface area contributed by atoms with Gasteiger partial charge in [0.25, 0.3) is 0 Å². The predicted octanol–water partition coefficient (Wildman–Crippen LogP) is 7.13. The van der Waals surface area contributed by atoms with Crippen LogP contribution in [0, 0.1) is 0 Å². The molecule has 0 aliphatic rings. The molecule has 0 aliphatic carbocycles. The second-order valence-electron chi connectivity index (χ2n) is 7.89. The van der Waals surface area contributed by atoms with Crippen LogP contribution in [-0.2, 0) is 19.1 Å². The highest BCUT2D eigenvalue weighted by Gasteiger charge is 2.05. The molecule has 0 aromatic carbocycles. The van der Waals surface area contributed by atoms with Crippen LogP contribution < -0.4 is 0 Å². The molecule has 0 radical (unpaired) electrons. The molecule has 0 aliphatic heterocycles. The normalized spacial score (nSPS) is 10.8. The van der Waals surface area contributed by atoms with E-state index in [0.29, 0.717) is 12.8 Å². The van der Waals surface area contributed by atoms with Crippen LogP contribution >= 0.6 is 0 Å². The predicted molar refractivity (Wildman–Crippen MR) is 116 cm³/mol. The maximum absolute atomic E-state index is 11.6. The van der Waals surface area contributed by atoms with Crippen molar-refractivity contribution >= 4 is 11.9 Å². The number of rotatable bonds is 21. The van der Waals surface area contributed by atoms with Crippen molar-refractivity contribution < 1.29 is 19.1 Å². The largest absolute Gasteiger partial charge is 0.462 e. The fourth-order valence-corrected chi connectivity index (χ4v) is 3.26. The van der Waals surface area contributed by atoms with E-state index < -0.39 is 0 Å². The Kier molecular flexibility index (Phi) is 21.4.